The molecule has 0 saturated carbocycles. The van der Waals surface area contributed by atoms with Gasteiger partial charge in [0.15, 0.2) is 0 Å². The minimum atomic E-state index is -0.748. The topological polar surface area (TPSA) is 86.6 Å². The molecule has 0 unspecified atom stereocenters. The van der Waals surface area contributed by atoms with Crippen molar-refractivity contribution in [3.05, 3.63) is 105 Å². The molecular weight excluding hydrogens is 468 g/mol. The monoisotopic (exact) mass is 490 g/mol. The van der Waals surface area contributed by atoms with Gasteiger partial charge in [0.1, 0.15) is 11.3 Å². The number of amides is 1. The van der Waals surface area contributed by atoms with E-state index in [1.165, 1.54) is 17.7 Å². The Morgan fingerprint density at radius 3 is 2.29 bits per heavy atom. The van der Waals surface area contributed by atoms with Crippen LogP contribution in [0.25, 0.3) is 10.9 Å². The Labute approximate surface area is 206 Å². The maximum absolute atomic E-state index is 13.3. The fourth-order valence-corrected chi connectivity index (χ4v) is 3.94. The molecule has 0 bridgehead atoms. The third-order valence-corrected chi connectivity index (χ3v) is 5.85. The van der Waals surface area contributed by atoms with Crippen LogP contribution in [-0.2, 0) is 22.5 Å². The van der Waals surface area contributed by atoms with Gasteiger partial charge in [-0.3, -0.25) is 9.59 Å². The summed E-state index contributed by atoms with van der Waals surface area (Å²) in [4.78, 5) is 38.4. The summed E-state index contributed by atoms with van der Waals surface area (Å²) in [5, 5.41) is 4.04. The zero-order valence-corrected chi connectivity index (χ0v) is 20.0. The van der Waals surface area contributed by atoms with Gasteiger partial charge in [0.2, 0.25) is 5.91 Å². The van der Waals surface area contributed by atoms with Crippen molar-refractivity contribution >= 4 is 40.1 Å². The molecule has 0 spiro atoms. The molecule has 1 amide bonds. The summed E-state index contributed by atoms with van der Waals surface area (Å²) < 4.78 is 11.5. The summed E-state index contributed by atoms with van der Waals surface area (Å²) in [6, 6.07) is 21.0. The summed E-state index contributed by atoms with van der Waals surface area (Å²) in [5.74, 6) is -0.296. The van der Waals surface area contributed by atoms with Crippen LogP contribution in [0.3, 0.4) is 0 Å². The van der Waals surface area contributed by atoms with Crippen LogP contribution in [-0.4, -0.2) is 30.7 Å². The van der Waals surface area contributed by atoms with Crippen LogP contribution in [0.4, 0.5) is 5.69 Å². The predicted octanol–water partition coefficient (Wildman–Crippen LogP) is 4.68. The van der Waals surface area contributed by atoms with Gasteiger partial charge in [0, 0.05) is 10.4 Å². The Bertz CT molecular complexity index is 1440. The average Bonchev–Trinajstić information content (AvgIpc) is 2.87. The van der Waals surface area contributed by atoms with Crippen LogP contribution in [0.1, 0.15) is 21.5 Å². The number of benzene rings is 3. The van der Waals surface area contributed by atoms with Crippen molar-refractivity contribution in [3.8, 4) is 5.75 Å². The SMILES string of the molecule is COC(=O)c1cc2c(NC(=O)Cc3ccc(Cl)cc3)cccc2n(Cc2ccc(OC)cc2)c1=O. The molecular formula is C27H23ClN2O5. The van der Waals surface area contributed by atoms with Gasteiger partial charge in [-0.1, -0.05) is 41.9 Å². The van der Waals surface area contributed by atoms with E-state index in [4.69, 9.17) is 21.1 Å². The van der Waals surface area contributed by atoms with Gasteiger partial charge in [-0.05, 0) is 53.6 Å². The van der Waals surface area contributed by atoms with Crippen LogP contribution >= 0.6 is 11.6 Å². The molecule has 35 heavy (non-hydrogen) atoms. The largest absolute Gasteiger partial charge is 0.497 e. The number of aromatic nitrogens is 1. The van der Waals surface area contributed by atoms with Gasteiger partial charge in [0.05, 0.1) is 38.4 Å². The van der Waals surface area contributed by atoms with Crippen LogP contribution < -0.4 is 15.6 Å². The number of nitrogens with zero attached hydrogens (tertiary/aromatic N) is 1. The number of anilines is 1. The highest BCUT2D eigenvalue weighted by Gasteiger charge is 2.19. The Hall–Kier alpha value is -4.10. The van der Waals surface area contributed by atoms with Crippen LogP contribution in [0.15, 0.2) is 77.6 Å². The van der Waals surface area contributed by atoms with Crippen molar-refractivity contribution in [2.75, 3.05) is 19.5 Å². The van der Waals surface area contributed by atoms with Gasteiger partial charge in [-0.15, -0.1) is 0 Å². The normalized spacial score (nSPS) is 10.7. The van der Waals surface area contributed by atoms with E-state index in [0.717, 1.165) is 11.1 Å². The zero-order chi connectivity index (χ0) is 24.9. The second-order valence-electron chi connectivity index (χ2n) is 7.88. The minimum absolute atomic E-state index is 0.118. The molecule has 7 nitrogen and oxygen atoms in total. The van der Waals surface area contributed by atoms with Crippen molar-refractivity contribution in [1.82, 2.24) is 4.57 Å². The zero-order valence-electron chi connectivity index (χ0n) is 19.2. The first-order valence-electron chi connectivity index (χ1n) is 10.8. The standard InChI is InChI=1S/C27H23ClN2O5/c1-34-20-12-8-18(9-13-20)16-30-24-5-3-4-23(21(24)15-22(26(30)32)27(33)35-2)29-25(31)14-17-6-10-19(28)11-7-17/h3-13,15H,14,16H2,1-2H3,(H,29,31). The lowest BCUT2D eigenvalue weighted by Crippen LogP contribution is -2.28. The van der Waals surface area contributed by atoms with E-state index in [-0.39, 0.29) is 24.4 Å². The van der Waals surface area contributed by atoms with Crippen LogP contribution in [0.2, 0.25) is 5.02 Å². The predicted molar refractivity (Wildman–Crippen MR) is 135 cm³/mol. The molecule has 1 heterocycles. The summed E-state index contributed by atoms with van der Waals surface area (Å²) in [6.45, 7) is 0.215. The minimum Gasteiger partial charge on any atom is -0.497 e. The second-order valence-corrected chi connectivity index (χ2v) is 8.32. The lowest BCUT2D eigenvalue weighted by Gasteiger charge is -2.16. The van der Waals surface area contributed by atoms with Crippen LogP contribution in [0.5, 0.6) is 5.75 Å². The number of hydrogen-bond donors (Lipinski definition) is 1. The summed E-state index contributed by atoms with van der Waals surface area (Å²) >= 11 is 5.92. The highest BCUT2D eigenvalue weighted by Crippen LogP contribution is 2.25. The van der Waals surface area contributed by atoms with Gasteiger partial charge in [0.25, 0.3) is 5.56 Å². The molecule has 0 saturated heterocycles. The van der Waals surface area contributed by atoms with Crippen molar-refractivity contribution in [2.24, 2.45) is 0 Å². The highest BCUT2D eigenvalue weighted by molar-refractivity contribution is 6.30. The number of carbonyl (C=O) groups is 2. The number of methoxy groups -OCH3 is 2. The molecule has 4 aromatic rings. The maximum Gasteiger partial charge on any atom is 0.343 e. The van der Waals surface area contributed by atoms with Gasteiger partial charge in [-0.25, -0.2) is 4.79 Å². The maximum atomic E-state index is 13.3. The van der Waals surface area contributed by atoms with E-state index in [2.05, 4.69) is 5.32 Å². The van der Waals surface area contributed by atoms with E-state index in [1.54, 1.807) is 61.7 Å². The first-order valence-corrected chi connectivity index (χ1v) is 11.2. The third-order valence-electron chi connectivity index (χ3n) is 5.60. The van der Waals surface area contributed by atoms with E-state index < -0.39 is 11.5 Å². The first-order chi connectivity index (χ1) is 16.9. The van der Waals surface area contributed by atoms with Crippen molar-refractivity contribution in [3.63, 3.8) is 0 Å². The van der Waals surface area contributed by atoms with Crippen LogP contribution in [0, 0.1) is 0 Å². The van der Waals surface area contributed by atoms with Crippen molar-refractivity contribution in [2.45, 2.75) is 13.0 Å². The molecule has 0 fully saturated rings. The molecule has 0 atom stereocenters. The first kappa shape index (κ1) is 24.0. The number of carbonyl (C=O) groups excluding carboxylic acids is 2. The summed E-state index contributed by atoms with van der Waals surface area (Å²) in [6.07, 6.45) is 0.142. The number of rotatable bonds is 7. The summed E-state index contributed by atoms with van der Waals surface area (Å²) in [5.41, 5.74) is 2.10. The number of nitrogens with one attached hydrogen (secondary N) is 1. The van der Waals surface area contributed by atoms with Crippen molar-refractivity contribution < 1.29 is 19.1 Å². The lowest BCUT2D eigenvalue weighted by molar-refractivity contribution is -0.115. The Morgan fingerprint density at radius 1 is 0.943 bits per heavy atom. The highest BCUT2D eigenvalue weighted by atomic mass is 35.5. The third kappa shape index (κ3) is 5.36. The number of halogens is 1. The molecule has 4 rings (SSSR count). The molecule has 0 aliphatic heterocycles. The molecule has 8 heteroatoms. The van der Waals surface area contributed by atoms with Gasteiger partial charge in [-0.2, -0.15) is 0 Å². The quantitative estimate of drug-likeness (QED) is 0.380. The molecule has 0 aliphatic rings. The average molecular weight is 491 g/mol. The molecule has 0 aliphatic carbocycles. The molecule has 178 valence electrons. The Balaban J connectivity index is 1.75. The smallest absolute Gasteiger partial charge is 0.343 e. The second kappa shape index (κ2) is 10.4. The molecule has 3 aromatic carbocycles. The van der Waals surface area contributed by atoms with Gasteiger partial charge < -0.3 is 19.4 Å². The molecule has 1 N–H and O–H groups in total. The van der Waals surface area contributed by atoms with E-state index >= 15 is 0 Å². The van der Waals surface area contributed by atoms with Crippen molar-refractivity contribution in [1.29, 1.82) is 0 Å². The fraction of sp³-hybridized carbons (Fsp3) is 0.148. The van der Waals surface area contributed by atoms with E-state index in [9.17, 15) is 14.4 Å². The number of ether oxygens (including phenoxy) is 2. The fourth-order valence-electron chi connectivity index (χ4n) is 3.82. The van der Waals surface area contributed by atoms with E-state index in [1.807, 2.05) is 12.1 Å². The van der Waals surface area contributed by atoms with E-state index in [0.29, 0.717) is 27.4 Å². The summed E-state index contributed by atoms with van der Waals surface area (Å²) in [7, 11) is 2.80. The number of pyridine rings is 1. The number of fused-ring (bicyclic) bond motifs is 1. The lowest BCUT2D eigenvalue weighted by atomic mass is 10.1. The molecule has 1 aromatic heterocycles. The number of esters is 1. The number of hydrogen-bond acceptors (Lipinski definition) is 5. The van der Waals surface area contributed by atoms with Gasteiger partial charge >= 0.3 is 5.97 Å². The molecule has 0 radical (unpaired) electrons. The Morgan fingerprint density at radius 2 is 1.63 bits per heavy atom. The Kier molecular flexibility index (Phi) is 7.17.